The van der Waals surface area contributed by atoms with Crippen molar-refractivity contribution in [3.05, 3.63) is 69.5 Å². The van der Waals surface area contributed by atoms with Crippen molar-refractivity contribution in [2.45, 2.75) is 6.54 Å². The van der Waals surface area contributed by atoms with Gasteiger partial charge in [0.2, 0.25) is 0 Å². The monoisotopic (exact) mass is 364 g/mol. The van der Waals surface area contributed by atoms with E-state index < -0.39 is 0 Å². The molecule has 0 aliphatic heterocycles. The average molecular weight is 366 g/mol. The first kappa shape index (κ1) is 14.3. The van der Waals surface area contributed by atoms with Gasteiger partial charge in [-0.2, -0.15) is 0 Å². The molecule has 0 atom stereocenters. The molecule has 0 fully saturated rings. The summed E-state index contributed by atoms with van der Waals surface area (Å²) in [6, 6.07) is 12.3. The predicted molar refractivity (Wildman–Crippen MR) is 88.2 cm³/mol. The number of aromatic nitrogens is 1. The number of nitrogens with one attached hydrogen (secondary N) is 1. The van der Waals surface area contributed by atoms with E-state index in [1.54, 1.807) is 18.3 Å². The molecule has 3 aromatic rings. The fourth-order valence-electron chi connectivity index (χ4n) is 2.16. The van der Waals surface area contributed by atoms with E-state index in [4.69, 9.17) is 11.6 Å². The SMILES string of the molecule is Fc1ccc(Br)cc1NCc1ccc(Cl)c2cccnc12. The number of rotatable bonds is 3. The van der Waals surface area contributed by atoms with Crippen LogP contribution >= 0.6 is 27.5 Å². The number of pyridine rings is 1. The molecule has 0 radical (unpaired) electrons. The minimum absolute atomic E-state index is 0.288. The number of hydrogen-bond donors (Lipinski definition) is 1. The lowest BCUT2D eigenvalue weighted by Gasteiger charge is -2.10. The zero-order valence-corrected chi connectivity index (χ0v) is 13.2. The highest BCUT2D eigenvalue weighted by Crippen LogP contribution is 2.26. The van der Waals surface area contributed by atoms with Gasteiger partial charge < -0.3 is 5.32 Å². The predicted octanol–water partition coefficient (Wildman–Crippen LogP) is 5.40. The molecule has 0 aliphatic carbocycles. The van der Waals surface area contributed by atoms with Crippen molar-refractivity contribution in [3.8, 4) is 0 Å². The van der Waals surface area contributed by atoms with E-state index >= 15 is 0 Å². The lowest BCUT2D eigenvalue weighted by Crippen LogP contribution is -2.02. The molecule has 0 amide bonds. The van der Waals surface area contributed by atoms with Crippen LogP contribution < -0.4 is 5.32 Å². The van der Waals surface area contributed by atoms with Crippen molar-refractivity contribution in [3.63, 3.8) is 0 Å². The first-order valence-electron chi connectivity index (χ1n) is 6.36. The van der Waals surface area contributed by atoms with Crippen molar-refractivity contribution in [2.75, 3.05) is 5.32 Å². The summed E-state index contributed by atoms with van der Waals surface area (Å²) in [5, 5.41) is 4.65. The second-order valence-electron chi connectivity index (χ2n) is 4.58. The van der Waals surface area contributed by atoms with Gasteiger partial charge in [0.05, 0.1) is 11.2 Å². The Morgan fingerprint density at radius 1 is 1.19 bits per heavy atom. The highest BCUT2D eigenvalue weighted by molar-refractivity contribution is 9.10. The Kier molecular flexibility index (Phi) is 4.08. The maximum absolute atomic E-state index is 13.7. The van der Waals surface area contributed by atoms with Gasteiger partial charge in [0, 0.05) is 27.6 Å². The van der Waals surface area contributed by atoms with E-state index in [0.717, 1.165) is 20.9 Å². The van der Waals surface area contributed by atoms with Crippen LogP contribution in [-0.2, 0) is 6.54 Å². The molecule has 0 aliphatic rings. The first-order valence-corrected chi connectivity index (χ1v) is 7.53. The zero-order valence-electron chi connectivity index (χ0n) is 10.9. The fraction of sp³-hybridized carbons (Fsp3) is 0.0625. The van der Waals surface area contributed by atoms with Crippen molar-refractivity contribution in [2.24, 2.45) is 0 Å². The largest absolute Gasteiger partial charge is 0.378 e. The Morgan fingerprint density at radius 3 is 2.90 bits per heavy atom. The van der Waals surface area contributed by atoms with Gasteiger partial charge in [0.1, 0.15) is 5.82 Å². The van der Waals surface area contributed by atoms with E-state index in [1.807, 2.05) is 24.3 Å². The number of fused-ring (bicyclic) bond motifs is 1. The summed E-state index contributed by atoms with van der Waals surface area (Å²) in [5.41, 5.74) is 2.24. The van der Waals surface area contributed by atoms with Crippen LogP contribution in [-0.4, -0.2) is 4.98 Å². The van der Waals surface area contributed by atoms with Gasteiger partial charge in [-0.3, -0.25) is 4.98 Å². The Bertz CT molecular complexity index is 807. The van der Waals surface area contributed by atoms with Gasteiger partial charge in [0.25, 0.3) is 0 Å². The molecule has 106 valence electrons. The molecular weight excluding hydrogens is 355 g/mol. The molecule has 2 nitrogen and oxygen atoms in total. The third-order valence-corrected chi connectivity index (χ3v) is 4.02. The Hall–Kier alpha value is -1.65. The summed E-state index contributed by atoms with van der Waals surface area (Å²) in [7, 11) is 0. The number of halogens is 3. The van der Waals surface area contributed by atoms with Crippen molar-refractivity contribution < 1.29 is 4.39 Å². The second-order valence-corrected chi connectivity index (χ2v) is 5.91. The highest BCUT2D eigenvalue weighted by atomic mass is 79.9. The quantitative estimate of drug-likeness (QED) is 0.672. The lowest BCUT2D eigenvalue weighted by molar-refractivity contribution is 0.630. The Balaban J connectivity index is 1.92. The van der Waals surface area contributed by atoms with E-state index in [2.05, 4.69) is 26.2 Å². The van der Waals surface area contributed by atoms with E-state index in [9.17, 15) is 4.39 Å². The lowest BCUT2D eigenvalue weighted by atomic mass is 10.1. The van der Waals surface area contributed by atoms with Crippen LogP contribution in [0.5, 0.6) is 0 Å². The van der Waals surface area contributed by atoms with Gasteiger partial charge in [-0.05, 0) is 42.0 Å². The van der Waals surface area contributed by atoms with Gasteiger partial charge in [-0.25, -0.2) is 4.39 Å². The molecule has 0 spiro atoms. The third-order valence-electron chi connectivity index (χ3n) is 3.20. The van der Waals surface area contributed by atoms with Crippen molar-refractivity contribution >= 4 is 44.1 Å². The molecule has 1 N–H and O–H groups in total. The van der Waals surface area contributed by atoms with Gasteiger partial charge in [-0.15, -0.1) is 0 Å². The number of nitrogens with zero attached hydrogens (tertiary/aromatic N) is 1. The number of anilines is 1. The van der Waals surface area contributed by atoms with E-state index in [0.29, 0.717) is 17.3 Å². The molecule has 21 heavy (non-hydrogen) atoms. The molecule has 0 unspecified atom stereocenters. The topological polar surface area (TPSA) is 24.9 Å². The van der Waals surface area contributed by atoms with E-state index in [-0.39, 0.29) is 5.82 Å². The minimum atomic E-state index is -0.288. The van der Waals surface area contributed by atoms with Crippen LogP contribution in [0.3, 0.4) is 0 Å². The zero-order chi connectivity index (χ0) is 14.8. The molecule has 2 aromatic carbocycles. The molecule has 0 saturated carbocycles. The molecule has 1 aromatic heterocycles. The molecule has 1 heterocycles. The minimum Gasteiger partial charge on any atom is -0.378 e. The summed E-state index contributed by atoms with van der Waals surface area (Å²) in [6.07, 6.45) is 1.72. The number of hydrogen-bond acceptors (Lipinski definition) is 2. The molecule has 0 saturated heterocycles. The maximum Gasteiger partial charge on any atom is 0.146 e. The Labute approximate surface area is 135 Å². The highest BCUT2D eigenvalue weighted by Gasteiger charge is 2.07. The summed E-state index contributed by atoms with van der Waals surface area (Å²) < 4.78 is 14.6. The van der Waals surface area contributed by atoms with Crippen molar-refractivity contribution in [1.29, 1.82) is 0 Å². The van der Waals surface area contributed by atoms with Gasteiger partial charge >= 0.3 is 0 Å². The van der Waals surface area contributed by atoms with Crippen LogP contribution in [0, 0.1) is 5.82 Å². The average Bonchev–Trinajstić information content (AvgIpc) is 2.50. The summed E-state index contributed by atoms with van der Waals surface area (Å²) in [5.74, 6) is -0.288. The Morgan fingerprint density at radius 2 is 2.05 bits per heavy atom. The standard InChI is InChI=1S/C16H11BrClFN2/c17-11-4-6-14(19)15(8-11)21-9-10-3-5-13(18)12-2-1-7-20-16(10)12/h1-8,21H,9H2. The molecular formula is C16H11BrClFN2. The van der Waals surface area contributed by atoms with Gasteiger partial charge in [0.15, 0.2) is 0 Å². The van der Waals surface area contributed by atoms with Crippen LogP contribution in [0.2, 0.25) is 5.02 Å². The van der Waals surface area contributed by atoms with Crippen LogP contribution in [0.25, 0.3) is 10.9 Å². The maximum atomic E-state index is 13.7. The van der Waals surface area contributed by atoms with Crippen LogP contribution in [0.4, 0.5) is 10.1 Å². The smallest absolute Gasteiger partial charge is 0.146 e. The van der Waals surface area contributed by atoms with Crippen molar-refractivity contribution in [1.82, 2.24) is 4.98 Å². The fourth-order valence-corrected chi connectivity index (χ4v) is 2.74. The molecule has 3 rings (SSSR count). The first-order chi connectivity index (χ1) is 10.1. The summed E-state index contributed by atoms with van der Waals surface area (Å²) >= 11 is 9.50. The molecule has 5 heteroatoms. The second kappa shape index (κ2) is 6.00. The third kappa shape index (κ3) is 3.01. The summed E-state index contributed by atoms with van der Waals surface area (Å²) in [6.45, 7) is 0.470. The van der Waals surface area contributed by atoms with E-state index in [1.165, 1.54) is 6.07 Å². The van der Waals surface area contributed by atoms with Crippen LogP contribution in [0.1, 0.15) is 5.56 Å². The summed E-state index contributed by atoms with van der Waals surface area (Å²) in [4.78, 5) is 4.37. The van der Waals surface area contributed by atoms with Gasteiger partial charge in [-0.1, -0.05) is 33.6 Å². The molecule has 0 bridgehead atoms. The number of benzene rings is 2. The normalized spacial score (nSPS) is 10.8. The van der Waals surface area contributed by atoms with Crippen LogP contribution in [0.15, 0.2) is 53.1 Å².